The molecule has 0 bridgehead atoms. The lowest BCUT2D eigenvalue weighted by atomic mass is 10.1. The number of rotatable bonds is 9. The summed E-state index contributed by atoms with van der Waals surface area (Å²) in [5, 5.41) is 2.65. The number of ether oxygens (including phenoxy) is 1. The van der Waals surface area contributed by atoms with Gasteiger partial charge in [-0.1, -0.05) is 13.3 Å². The van der Waals surface area contributed by atoms with Crippen LogP contribution in [0.3, 0.4) is 0 Å². The highest BCUT2D eigenvalue weighted by Gasteiger charge is 2.23. The highest BCUT2D eigenvalue weighted by Crippen LogP contribution is 2.16. The molecule has 2 rings (SSSR count). The SMILES string of the molecule is CCCCOc1ccc(C(=O)Nc2cc(C(=O)N(C(C)C)C(C)C)cn(C)c2=O)cc1. The highest BCUT2D eigenvalue weighted by atomic mass is 16.5. The van der Waals surface area contributed by atoms with Crippen molar-refractivity contribution in [1.82, 2.24) is 9.47 Å². The van der Waals surface area contributed by atoms with Crippen molar-refractivity contribution in [2.45, 2.75) is 59.5 Å². The van der Waals surface area contributed by atoms with Crippen molar-refractivity contribution in [3.63, 3.8) is 0 Å². The van der Waals surface area contributed by atoms with Crippen LogP contribution in [-0.2, 0) is 7.05 Å². The molecule has 1 aromatic heterocycles. The molecule has 2 aromatic rings. The Hall–Kier alpha value is -3.09. The lowest BCUT2D eigenvalue weighted by molar-refractivity contribution is 0.0642. The summed E-state index contributed by atoms with van der Waals surface area (Å²) in [6.07, 6.45) is 3.51. The Bertz CT molecular complexity index is 954. The van der Waals surface area contributed by atoms with Gasteiger partial charge in [-0.2, -0.15) is 0 Å². The van der Waals surface area contributed by atoms with Gasteiger partial charge in [-0.25, -0.2) is 0 Å². The van der Waals surface area contributed by atoms with Crippen LogP contribution in [0, 0.1) is 0 Å². The van der Waals surface area contributed by atoms with Crippen LogP contribution in [0.25, 0.3) is 0 Å². The zero-order valence-electron chi connectivity index (χ0n) is 19.3. The van der Waals surface area contributed by atoms with Gasteiger partial charge in [0, 0.05) is 30.9 Å². The van der Waals surface area contributed by atoms with E-state index >= 15 is 0 Å². The Labute approximate surface area is 184 Å². The Balaban J connectivity index is 2.24. The maximum atomic E-state index is 13.0. The zero-order valence-corrected chi connectivity index (χ0v) is 19.3. The largest absolute Gasteiger partial charge is 0.494 e. The minimum absolute atomic E-state index is 0.000773. The third kappa shape index (κ3) is 6.20. The quantitative estimate of drug-likeness (QED) is 0.612. The Morgan fingerprint density at radius 3 is 2.23 bits per heavy atom. The average molecular weight is 428 g/mol. The molecule has 0 aliphatic heterocycles. The van der Waals surface area contributed by atoms with E-state index in [-0.39, 0.29) is 29.2 Å². The topological polar surface area (TPSA) is 80.6 Å². The molecule has 1 N–H and O–H groups in total. The highest BCUT2D eigenvalue weighted by molar-refractivity contribution is 6.05. The van der Waals surface area contributed by atoms with Crippen LogP contribution in [0.2, 0.25) is 0 Å². The third-order valence-corrected chi connectivity index (χ3v) is 4.91. The normalized spacial score (nSPS) is 11.0. The van der Waals surface area contributed by atoms with E-state index in [9.17, 15) is 14.4 Å². The van der Waals surface area contributed by atoms with Gasteiger partial charge < -0.3 is 19.5 Å². The first-order valence-electron chi connectivity index (χ1n) is 10.7. The Kier molecular flexibility index (Phi) is 8.42. The summed E-state index contributed by atoms with van der Waals surface area (Å²) in [7, 11) is 1.56. The second-order valence-electron chi connectivity index (χ2n) is 8.14. The van der Waals surface area contributed by atoms with Crippen molar-refractivity contribution in [1.29, 1.82) is 0 Å². The fourth-order valence-corrected chi connectivity index (χ4v) is 3.36. The van der Waals surface area contributed by atoms with E-state index in [0.717, 1.165) is 12.8 Å². The predicted molar refractivity (Wildman–Crippen MR) is 123 cm³/mol. The first-order chi connectivity index (χ1) is 14.6. The molecule has 2 amide bonds. The molecule has 0 saturated heterocycles. The maximum absolute atomic E-state index is 13.0. The van der Waals surface area contributed by atoms with E-state index in [1.54, 1.807) is 36.2 Å². The molecule has 0 radical (unpaired) electrons. The number of aromatic nitrogens is 1. The zero-order chi connectivity index (χ0) is 23.1. The number of benzene rings is 1. The predicted octanol–water partition coefficient (Wildman–Crippen LogP) is 4.08. The molecule has 0 spiro atoms. The van der Waals surface area contributed by atoms with Crippen molar-refractivity contribution in [2.24, 2.45) is 7.05 Å². The molecule has 7 nitrogen and oxygen atoms in total. The molecule has 0 atom stereocenters. The summed E-state index contributed by atoms with van der Waals surface area (Å²) < 4.78 is 6.92. The lowest BCUT2D eigenvalue weighted by Crippen LogP contribution is -2.42. The van der Waals surface area contributed by atoms with Crippen LogP contribution in [0.15, 0.2) is 41.3 Å². The molecular weight excluding hydrogens is 394 g/mol. The number of hydrogen-bond acceptors (Lipinski definition) is 4. The standard InChI is InChI=1S/C24H33N3O4/c1-7-8-13-31-20-11-9-18(10-12-20)22(28)25-21-14-19(15-26(6)24(21)30)23(29)27(16(2)3)17(4)5/h9-12,14-17H,7-8,13H2,1-6H3,(H,25,28). The van der Waals surface area contributed by atoms with E-state index in [1.807, 2.05) is 27.7 Å². The molecule has 0 fully saturated rings. The van der Waals surface area contributed by atoms with Gasteiger partial charge in [0.15, 0.2) is 0 Å². The van der Waals surface area contributed by atoms with Gasteiger partial charge in [0.05, 0.1) is 12.2 Å². The molecule has 1 heterocycles. The number of carbonyl (C=O) groups excluding carboxylic acids is 2. The Morgan fingerprint density at radius 1 is 1.06 bits per heavy atom. The van der Waals surface area contributed by atoms with Gasteiger partial charge in [-0.05, 0) is 64.4 Å². The van der Waals surface area contributed by atoms with E-state index in [0.29, 0.717) is 23.5 Å². The number of amides is 2. The van der Waals surface area contributed by atoms with Crippen LogP contribution in [0.5, 0.6) is 5.75 Å². The summed E-state index contributed by atoms with van der Waals surface area (Å²) in [5.41, 5.74) is 0.422. The van der Waals surface area contributed by atoms with E-state index in [1.165, 1.54) is 16.8 Å². The van der Waals surface area contributed by atoms with Crippen LogP contribution in [-0.4, -0.2) is 40.0 Å². The van der Waals surface area contributed by atoms with Crippen molar-refractivity contribution in [3.05, 3.63) is 58.0 Å². The van der Waals surface area contributed by atoms with Crippen LogP contribution in [0.4, 0.5) is 5.69 Å². The van der Waals surface area contributed by atoms with Crippen LogP contribution in [0.1, 0.15) is 68.2 Å². The molecule has 0 aliphatic rings. The van der Waals surface area contributed by atoms with Gasteiger partial charge in [0.2, 0.25) is 0 Å². The third-order valence-electron chi connectivity index (χ3n) is 4.91. The second kappa shape index (κ2) is 10.8. The second-order valence-corrected chi connectivity index (χ2v) is 8.14. The number of nitrogens with one attached hydrogen (secondary N) is 1. The molecule has 31 heavy (non-hydrogen) atoms. The minimum Gasteiger partial charge on any atom is -0.494 e. The summed E-state index contributed by atoms with van der Waals surface area (Å²) in [5.74, 6) is 0.0760. The van der Waals surface area contributed by atoms with Gasteiger partial charge in [0.1, 0.15) is 11.4 Å². The fourth-order valence-electron chi connectivity index (χ4n) is 3.36. The van der Waals surface area contributed by atoms with E-state index in [2.05, 4.69) is 12.2 Å². The molecule has 0 saturated carbocycles. The minimum atomic E-state index is -0.425. The average Bonchev–Trinajstić information content (AvgIpc) is 2.71. The van der Waals surface area contributed by atoms with Crippen molar-refractivity contribution in [3.8, 4) is 5.75 Å². The smallest absolute Gasteiger partial charge is 0.274 e. The molecule has 168 valence electrons. The summed E-state index contributed by atoms with van der Waals surface area (Å²) in [4.78, 5) is 40.0. The first-order valence-corrected chi connectivity index (χ1v) is 10.7. The van der Waals surface area contributed by atoms with Crippen LogP contribution >= 0.6 is 0 Å². The summed E-state index contributed by atoms with van der Waals surface area (Å²) in [6, 6.07) is 8.20. The Morgan fingerprint density at radius 2 is 1.68 bits per heavy atom. The lowest BCUT2D eigenvalue weighted by Gasteiger charge is -2.31. The first kappa shape index (κ1) is 24.2. The molecule has 0 unspecified atom stereocenters. The molecule has 1 aromatic carbocycles. The number of pyridine rings is 1. The van der Waals surface area contributed by atoms with Gasteiger partial charge in [0.25, 0.3) is 17.4 Å². The number of unbranched alkanes of at least 4 members (excludes halogenated alkanes) is 1. The number of aryl methyl sites for hydroxylation is 1. The van der Waals surface area contributed by atoms with E-state index in [4.69, 9.17) is 4.74 Å². The number of nitrogens with zero attached hydrogens (tertiary/aromatic N) is 2. The van der Waals surface area contributed by atoms with Crippen molar-refractivity contribution >= 4 is 17.5 Å². The van der Waals surface area contributed by atoms with Gasteiger partial charge in [-0.15, -0.1) is 0 Å². The van der Waals surface area contributed by atoms with Crippen LogP contribution < -0.4 is 15.6 Å². The number of hydrogen-bond donors (Lipinski definition) is 1. The number of anilines is 1. The van der Waals surface area contributed by atoms with Crippen molar-refractivity contribution in [2.75, 3.05) is 11.9 Å². The van der Waals surface area contributed by atoms with E-state index < -0.39 is 5.91 Å². The summed E-state index contributed by atoms with van der Waals surface area (Å²) >= 11 is 0. The maximum Gasteiger partial charge on any atom is 0.274 e. The molecular formula is C24H33N3O4. The molecule has 0 aliphatic carbocycles. The summed E-state index contributed by atoms with van der Waals surface area (Å²) in [6.45, 7) is 10.5. The monoisotopic (exact) mass is 427 g/mol. The number of carbonyl (C=O) groups is 2. The van der Waals surface area contributed by atoms with Gasteiger partial charge >= 0.3 is 0 Å². The van der Waals surface area contributed by atoms with Crippen molar-refractivity contribution < 1.29 is 14.3 Å². The fraction of sp³-hybridized carbons (Fsp3) is 0.458. The molecule has 7 heteroatoms. The van der Waals surface area contributed by atoms with Gasteiger partial charge in [-0.3, -0.25) is 14.4 Å².